The molecule has 0 radical (unpaired) electrons. The topological polar surface area (TPSA) is 280 Å². The van der Waals surface area contributed by atoms with Gasteiger partial charge in [-0.15, -0.1) is 43.1 Å². The molecular weight excluding hydrogens is 1090 g/mol. The summed E-state index contributed by atoms with van der Waals surface area (Å²) in [5.74, 6) is 0.546. The first-order chi connectivity index (χ1) is 36.4. The second-order valence-corrected chi connectivity index (χ2v) is 26.6. The van der Waals surface area contributed by atoms with Crippen molar-refractivity contribution in [3.8, 4) is 11.5 Å². The Hall–Kier alpha value is -5.64. The van der Waals surface area contributed by atoms with E-state index in [-0.39, 0.29) is 96.7 Å². The molecule has 0 atom stereocenters. The molecule has 3 aromatic heterocycles. The van der Waals surface area contributed by atoms with E-state index in [0.717, 1.165) is 54.8 Å². The summed E-state index contributed by atoms with van der Waals surface area (Å²) < 4.78 is 85.0. The van der Waals surface area contributed by atoms with Crippen molar-refractivity contribution >= 4 is 122 Å². The first kappa shape index (κ1) is 57.5. The zero-order valence-corrected chi connectivity index (χ0v) is 48.9. The zero-order chi connectivity index (χ0) is 55.8. The van der Waals surface area contributed by atoms with Crippen LogP contribution in [0.5, 0.6) is 11.5 Å². The van der Waals surface area contributed by atoms with Gasteiger partial charge < -0.3 is 29.9 Å². The maximum absolute atomic E-state index is 13.3. The van der Waals surface area contributed by atoms with Crippen LogP contribution in [0.1, 0.15) is 131 Å². The fraction of sp³-hybridized carbons (Fsp3) is 0.510. The molecule has 1 saturated carbocycles. The van der Waals surface area contributed by atoms with E-state index in [1.54, 1.807) is 24.3 Å². The summed E-state index contributed by atoms with van der Waals surface area (Å²) in [6.45, 7) is 17.9. The number of hydrogen-bond acceptors (Lipinski definition) is 22. The molecule has 0 unspecified atom stereocenters. The normalized spacial score (nSPS) is 16.7. The number of carbonyl (C=O) groups is 2. The maximum atomic E-state index is 13.3. The predicted octanol–water partition coefficient (Wildman–Crippen LogP) is 13.3. The van der Waals surface area contributed by atoms with Crippen LogP contribution in [0.3, 0.4) is 0 Å². The Balaban J connectivity index is 1.27. The van der Waals surface area contributed by atoms with Gasteiger partial charge in [-0.25, -0.2) is 0 Å². The zero-order valence-electron chi connectivity index (χ0n) is 44.8. The number of aromatic nitrogens is 3. The SMILES string of the molecule is CCN(CC)c1cc(Nc2nc(Nc3cc(N(CC)CC)c(OC)cc3N=Nc3sc4c(c3S(=O)(=O)O)CC(C)(C)CC4=O)nc(SC3CCCCC3)n2)c(N=Nc2sc3c(c2S(=O)(=O)O)CC(C)(C)CC3=O)cc1OC. The summed E-state index contributed by atoms with van der Waals surface area (Å²) in [5.41, 5.74) is 1.75. The third-order valence-electron chi connectivity index (χ3n) is 13.7. The molecular formula is C51H65N11O10S5. The molecule has 3 aliphatic carbocycles. The number of hydrogen-bond donors (Lipinski definition) is 4. The minimum atomic E-state index is -4.85. The van der Waals surface area contributed by atoms with E-state index < -0.39 is 40.9 Å². The van der Waals surface area contributed by atoms with Crippen molar-refractivity contribution in [2.45, 2.75) is 133 Å². The third-order valence-corrected chi connectivity index (χ3v) is 19.4. The molecule has 2 aromatic carbocycles. The van der Waals surface area contributed by atoms with Crippen molar-refractivity contribution in [1.82, 2.24) is 15.0 Å². The van der Waals surface area contributed by atoms with Gasteiger partial charge in [0.25, 0.3) is 20.2 Å². The fourth-order valence-corrected chi connectivity index (χ4v) is 15.7. The molecule has 0 bridgehead atoms. The van der Waals surface area contributed by atoms with E-state index in [1.165, 1.54) is 26.0 Å². The number of benzene rings is 2. The monoisotopic (exact) mass is 1150 g/mol. The van der Waals surface area contributed by atoms with Gasteiger partial charge in [0.05, 0.1) is 46.7 Å². The summed E-state index contributed by atoms with van der Waals surface area (Å²) in [4.78, 5) is 45.1. The molecule has 0 amide bonds. The van der Waals surface area contributed by atoms with Gasteiger partial charge in [-0.05, 0) is 87.5 Å². The number of fused-ring (bicyclic) bond motifs is 2. The van der Waals surface area contributed by atoms with Crippen molar-refractivity contribution < 1.29 is 45.0 Å². The molecule has 26 heteroatoms. The summed E-state index contributed by atoms with van der Waals surface area (Å²) in [6.07, 6.45) is 6.00. The Kier molecular flexibility index (Phi) is 17.2. The minimum absolute atomic E-state index is 0.0844. The number of ether oxygens (including phenoxy) is 2. The number of ketones is 2. The van der Waals surface area contributed by atoms with Crippen LogP contribution in [0.4, 0.5) is 56.0 Å². The highest BCUT2D eigenvalue weighted by molar-refractivity contribution is 7.99. The number of thiophene rings is 2. The minimum Gasteiger partial charge on any atom is -0.494 e. The lowest BCUT2D eigenvalue weighted by molar-refractivity contribution is 0.0907. The number of anilines is 6. The van der Waals surface area contributed by atoms with Gasteiger partial charge in [-0.3, -0.25) is 18.7 Å². The first-order valence-electron chi connectivity index (χ1n) is 25.5. The average Bonchev–Trinajstić information content (AvgIpc) is 3.95. The first-order valence-corrected chi connectivity index (χ1v) is 30.9. The van der Waals surface area contributed by atoms with Crippen molar-refractivity contribution in [3.63, 3.8) is 0 Å². The molecule has 3 heterocycles. The number of thioether (sulfide) groups is 1. The Morgan fingerprint density at radius 1 is 0.636 bits per heavy atom. The lowest BCUT2D eigenvalue weighted by Crippen LogP contribution is -2.26. The molecule has 77 heavy (non-hydrogen) atoms. The van der Waals surface area contributed by atoms with E-state index in [2.05, 4.69) is 40.9 Å². The van der Waals surface area contributed by atoms with Gasteiger partial charge in [0, 0.05) is 56.4 Å². The van der Waals surface area contributed by atoms with E-state index in [4.69, 9.17) is 24.4 Å². The van der Waals surface area contributed by atoms with Crippen LogP contribution in [0, 0.1) is 10.8 Å². The summed E-state index contributed by atoms with van der Waals surface area (Å²) >= 11 is 3.24. The fourth-order valence-electron chi connectivity index (χ4n) is 10.1. The maximum Gasteiger partial charge on any atom is 0.297 e. The lowest BCUT2D eigenvalue weighted by atomic mass is 9.76. The van der Waals surface area contributed by atoms with Crippen LogP contribution in [0.25, 0.3) is 0 Å². The van der Waals surface area contributed by atoms with Crippen LogP contribution >= 0.6 is 34.4 Å². The second-order valence-electron chi connectivity index (χ2n) is 20.6. The molecule has 0 saturated heterocycles. The molecule has 0 aliphatic heterocycles. The Morgan fingerprint density at radius 3 is 1.40 bits per heavy atom. The molecule has 0 spiro atoms. The highest BCUT2D eigenvalue weighted by Gasteiger charge is 2.40. The average molecular weight is 1150 g/mol. The Bertz CT molecular complexity index is 3170. The predicted molar refractivity (Wildman–Crippen MR) is 302 cm³/mol. The van der Waals surface area contributed by atoms with Crippen molar-refractivity contribution in [2.24, 2.45) is 31.3 Å². The van der Waals surface area contributed by atoms with Gasteiger partial charge >= 0.3 is 0 Å². The summed E-state index contributed by atoms with van der Waals surface area (Å²) in [7, 11) is -6.66. The largest absolute Gasteiger partial charge is 0.494 e. The van der Waals surface area contributed by atoms with Gasteiger partial charge in [0.2, 0.25) is 11.9 Å². The van der Waals surface area contributed by atoms with Crippen LogP contribution < -0.4 is 29.9 Å². The third kappa shape index (κ3) is 12.8. The number of methoxy groups -OCH3 is 2. The second kappa shape index (κ2) is 23.0. The van der Waals surface area contributed by atoms with Crippen molar-refractivity contribution in [1.29, 1.82) is 0 Å². The summed E-state index contributed by atoms with van der Waals surface area (Å²) in [5, 5.41) is 25.0. The van der Waals surface area contributed by atoms with Crippen LogP contribution in [-0.4, -0.2) is 98.1 Å². The number of nitrogens with zero attached hydrogens (tertiary/aromatic N) is 9. The van der Waals surface area contributed by atoms with Gasteiger partial charge in [0.1, 0.15) is 32.7 Å². The van der Waals surface area contributed by atoms with Crippen molar-refractivity contribution in [2.75, 3.05) is 60.8 Å². The number of azo groups is 2. The van der Waals surface area contributed by atoms with Crippen LogP contribution in [0.15, 0.2) is 59.7 Å². The van der Waals surface area contributed by atoms with Gasteiger partial charge in [0.15, 0.2) is 26.7 Å². The standard InChI is InChI=1S/C51H65N11O10S5/c1-11-61(12-2)35-20-31(33(22-39(35)71-9)57-59-45-43(76(65,66)67)29-24-50(5,6)26-37(63)41(29)74-45)52-47-54-48(56-49(55-47)73-28-18-16-15-17-19-28)53-32-21-36(62(13-3)14-4)40(72-10)23-34(32)58-60-46-44(77(68,69)70)30-25-51(7,8)27-38(64)42(30)75-46/h20-23,28H,11-19,24-27H2,1-10H3,(H,65,66,67)(H,68,69,70)(H2,52,53,54,55,56). The van der Waals surface area contributed by atoms with Gasteiger partial charge in [-0.2, -0.15) is 31.8 Å². The molecule has 8 rings (SSSR count). The van der Waals surface area contributed by atoms with Crippen LogP contribution in [-0.2, 0) is 33.1 Å². The van der Waals surface area contributed by atoms with E-state index in [1.807, 2.05) is 55.4 Å². The number of Topliss-reactive ketones (excluding diaryl/α,β-unsaturated/α-hetero) is 2. The Morgan fingerprint density at radius 2 is 1.04 bits per heavy atom. The molecule has 21 nitrogen and oxygen atoms in total. The quantitative estimate of drug-likeness (QED) is 0.0416. The van der Waals surface area contributed by atoms with Crippen molar-refractivity contribution in [3.05, 3.63) is 45.1 Å². The van der Waals surface area contributed by atoms with Crippen LogP contribution in [0.2, 0.25) is 0 Å². The molecule has 3 aliphatic rings. The lowest BCUT2D eigenvalue weighted by Gasteiger charge is -2.28. The molecule has 1 fully saturated rings. The van der Waals surface area contributed by atoms with Gasteiger partial charge in [-0.1, -0.05) is 58.7 Å². The molecule has 5 aromatic rings. The number of rotatable bonds is 20. The van der Waals surface area contributed by atoms with E-state index in [9.17, 15) is 35.5 Å². The summed E-state index contributed by atoms with van der Waals surface area (Å²) in [6, 6.07) is 6.89. The molecule has 4 N–H and O–H groups in total. The highest BCUT2D eigenvalue weighted by Crippen LogP contribution is 2.50. The highest BCUT2D eigenvalue weighted by atomic mass is 32.2. The number of nitrogens with one attached hydrogen (secondary N) is 2. The number of carbonyl (C=O) groups excluding carboxylic acids is 2. The van der Waals surface area contributed by atoms with E-state index in [0.29, 0.717) is 65.6 Å². The smallest absolute Gasteiger partial charge is 0.297 e. The Labute approximate surface area is 461 Å². The van der Waals surface area contributed by atoms with E-state index >= 15 is 0 Å². The molecule has 414 valence electrons.